The Morgan fingerprint density at radius 1 is 0.520 bits per heavy atom. The van der Waals surface area contributed by atoms with Crippen LogP contribution in [0, 0.1) is 0 Å². The van der Waals surface area contributed by atoms with E-state index in [9.17, 15) is 14.4 Å². The fourth-order valence-electron chi connectivity index (χ4n) is 6.43. The van der Waals surface area contributed by atoms with Gasteiger partial charge in [-0.05, 0) is 70.6 Å². The van der Waals surface area contributed by atoms with Crippen molar-refractivity contribution in [1.82, 2.24) is 5.32 Å². The molecule has 0 aliphatic heterocycles. The molecular formula is C44H81NO5. The number of nitrogens with one attached hydrogen (secondary N) is 1. The first-order valence-electron chi connectivity index (χ1n) is 21.5. The smallest absolute Gasteiger partial charge is 0.322 e. The van der Waals surface area contributed by atoms with Gasteiger partial charge in [0.25, 0.3) is 0 Å². The highest BCUT2D eigenvalue weighted by Crippen LogP contribution is 2.19. The predicted molar refractivity (Wildman–Crippen MR) is 213 cm³/mol. The van der Waals surface area contributed by atoms with E-state index in [0.717, 1.165) is 77.0 Å². The van der Waals surface area contributed by atoms with Crippen molar-refractivity contribution in [3.63, 3.8) is 0 Å². The molecule has 50 heavy (non-hydrogen) atoms. The van der Waals surface area contributed by atoms with E-state index in [2.05, 4.69) is 43.5 Å². The van der Waals surface area contributed by atoms with Crippen LogP contribution >= 0.6 is 0 Å². The number of allylic oxidation sites excluding steroid dienone is 4. The number of carboxylic acid groups (broad SMARTS) is 1. The summed E-state index contributed by atoms with van der Waals surface area (Å²) in [4.78, 5) is 35.0. The maximum atomic E-state index is 12.7. The molecule has 1 amide bonds. The molecule has 0 aromatic carbocycles. The first kappa shape index (κ1) is 47.9. The molecular weight excluding hydrogens is 622 g/mol. The van der Waals surface area contributed by atoms with Crippen molar-refractivity contribution in [3.8, 4) is 0 Å². The van der Waals surface area contributed by atoms with Crippen molar-refractivity contribution >= 4 is 17.8 Å². The maximum absolute atomic E-state index is 12.7. The van der Waals surface area contributed by atoms with Gasteiger partial charge in [-0.3, -0.25) is 14.4 Å². The summed E-state index contributed by atoms with van der Waals surface area (Å²) in [7, 11) is 0. The monoisotopic (exact) mass is 704 g/mol. The number of aliphatic carboxylic acids is 1. The summed E-state index contributed by atoms with van der Waals surface area (Å²) in [6.07, 6.45) is 47.2. The molecule has 0 radical (unpaired) electrons. The van der Waals surface area contributed by atoms with Crippen molar-refractivity contribution in [2.24, 2.45) is 0 Å². The summed E-state index contributed by atoms with van der Waals surface area (Å²) >= 11 is 0. The predicted octanol–water partition coefficient (Wildman–Crippen LogP) is 13.1. The van der Waals surface area contributed by atoms with Gasteiger partial charge < -0.3 is 15.2 Å². The van der Waals surface area contributed by atoms with Crippen molar-refractivity contribution in [3.05, 3.63) is 24.3 Å². The zero-order valence-electron chi connectivity index (χ0n) is 33.0. The number of ether oxygens (including phenoxy) is 1. The minimum absolute atomic E-state index is 0.0232. The number of hydrogen-bond donors (Lipinski definition) is 2. The van der Waals surface area contributed by atoms with Crippen LogP contribution in [-0.2, 0) is 19.1 Å². The highest BCUT2D eigenvalue weighted by Gasteiger charge is 2.14. The second kappa shape index (κ2) is 39.7. The third kappa shape index (κ3) is 38.7. The van der Waals surface area contributed by atoms with Crippen LogP contribution in [0.2, 0.25) is 0 Å². The Labute approximate surface area is 309 Å². The highest BCUT2D eigenvalue weighted by atomic mass is 16.5. The average Bonchev–Trinajstić information content (AvgIpc) is 3.10. The second-order valence-electron chi connectivity index (χ2n) is 14.6. The van der Waals surface area contributed by atoms with E-state index in [1.165, 1.54) is 122 Å². The van der Waals surface area contributed by atoms with Crippen molar-refractivity contribution in [2.75, 3.05) is 6.54 Å². The Morgan fingerprint density at radius 3 is 1.40 bits per heavy atom. The fourth-order valence-corrected chi connectivity index (χ4v) is 6.43. The van der Waals surface area contributed by atoms with Crippen molar-refractivity contribution in [1.29, 1.82) is 0 Å². The molecule has 1 atom stereocenters. The molecule has 0 saturated carbocycles. The van der Waals surface area contributed by atoms with Crippen molar-refractivity contribution < 1.29 is 24.2 Å². The van der Waals surface area contributed by atoms with E-state index in [1.807, 2.05) is 0 Å². The number of carbonyl (C=O) groups excluding carboxylic acids is 2. The van der Waals surface area contributed by atoms with Gasteiger partial charge in [0.1, 0.15) is 12.6 Å². The normalized spacial score (nSPS) is 12.2. The molecule has 0 bridgehead atoms. The lowest BCUT2D eigenvalue weighted by atomic mass is 10.0. The van der Waals surface area contributed by atoms with Crippen LogP contribution in [0.15, 0.2) is 24.3 Å². The Morgan fingerprint density at radius 2 is 0.920 bits per heavy atom. The molecule has 6 nitrogen and oxygen atoms in total. The van der Waals surface area contributed by atoms with Gasteiger partial charge in [-0.1, -0.05) is 167 Å². The van der Waals surface area contributed by atoms with Crippen LogP contribution in [0.1, 0.15) is 226 Å². The Bertz CT molecular complexity index is 823. The number of carbonyl (C=O) groups is 3. The largest absolute Gasteiger partial charge is 0.480 e. The molecule has 0 aliphatic rings. The topological polar surface area (TPSA) is 92.7 Å². The molecule has 0 aromatic rings. The van der Waals surface area contributed by atoms with E-state index >= 15 is 0 Å². The van der Waals surface area contributed by atoms with Gasteiger partial charge in [-0.25, -0.2) is 0 Å². The van der Waals surface area contributed by atoms with Gasteiger partial charge in [-0.2, -0.15) is 0 Å². The third-order valence-electron chi connectivity index (χ3n) is 9.63. The lowest BCUT2D eigenvalue weighted by Crippen LogP contribution is -2.28. The van der Waals surface area contributed by atoms with Crippen LogP contribution in [0.4, 0.5) is 0 Å². The van der Waals surface area contributed by atoms with E-state index in [4.69, 9.17) is 9.84 Å². The molecule has 1 unspecified atom stereocenters. The van der Waals surface area contributed by atoms with Crippen LogP contribution in [-0.4, -0.2) is 35.6 Å². The first-order valence-corrected chi connectivity index (χ1v) is 21.5. The lowest BCUT2D eigenvalue weighted by Gasteiger charge is -2.18. The second-order valence-corrected chi connectivity index (χ2v) is 14.6. The quantitative estimate of drug-likeness (QED) is 0.0378. The van der Waals surface area contributed by atoms with Gasteiger partial charge in [0, 0.05) is 12.8 Å². The van der Waals surface area contributed by atoms with Gasteiger partial charge in [0.15, 0.2) is 0 Å². The summed E-state index contributed by atoms with van der Waals surface area (Å²) in [5, 5.41) is 11.1. The number of carboxylic acids is 1. The molecule has 0 aromatic heterocycles. The molecule has 0 heterocycles. The molecule has 0 spiro atoms. The highest BCUT2D eigenvalue weighted by molar-refractivity contribution is 5.80. The van der Waals surface area contributed by atoms with Crippen LogP contribution < -0.4 is 5.32 Å². The van der Waals surface area contributed by atoms with Crippen LogP contribution in [0.3, 0.4) is 0 Å². The molecule has 0 fully saturated rings. The zero-order valence-corrected chi connectivity index (χ0v) is 33.0. The summed E-state index contributed by atoms with van der Waals surface area (Å²) < 4.78 is 6.03. The summed E-state index contributed by atoms with van der Waals surface area (Å²) in [5.74, 6) is -1.23. The molecule has 6 heteroatoms. The number of amides is 1. The van der Waals surface area contributed by atoms with E-state index in [1.54, 1.807) is 0 Å². The number of hydrogen-bond acceptors (Lipinski definition) is 4. The standard InChI is InChI=1S/C44H81NO5/c1-3-5-7-9-11-13-15-17-18-19-20-22-24-26-31-35-39-44(49)50-41(36-32-28-25-23-21-16-14-12-10-8-6-4-2)37-33-29-27-30-34-38-42(46)45-40-43(47)48/h13,15,18-19,41H,3-12,14,16-17,20-40H2,1-2H3,(H,45,46)(H,47,48)/b15-13-,19-18-. The van der Waals surface area contributed by atoms with Gasteiger partial charge in [-0.15, -0.1) is 0 Å². The Balaban J connectivity index is 4.17. The molecule has 2 N–H and O–H groups in total. The Kier molecular flexibility index (Phi) is 38.0. The number of esters is 1. The maximum Gasteiger partial charge on any atom is 0.322 e. The summed E-state index contributed by atoms with van der Waals surface area (Å²) in [6, 6.07) is 0. The van der Waals surface area contributed by atoms with Crippen LogP contribution in [0.5, 0.6) is 0 Å². The molecule has 0 saturated heterocycles. The van der Waals surface area contributed by atoms with Gasteiger partial charge >= 0.3 is 11.9 Å². The average molecular weight is 704 g/mol. The van der Waals surface area contributed by atoms with E-state index < -0.39 is 5.97 Å². The molecule has 292 valence electrons. The third-order valence-corrected chi connectivity index (χ3v) is 9.63. The summed E-state index contributed by atoms with van der Waals surface area (Å²) in [6.45, 7) is 4.22. The number of rotatable bonds is 39. The SMILES string of the molecule is CCCCCC/C=C\C/C=C\CCCCCCCC(=O)OC(CCCCCCCCCCCCCC)CCCCCCCC(=O)NCC(=O)O. The summed E-state index contributed by atoms with van der Waals surface area (Å²) in [5.41, 5.74) is 0. The van der Waals surface area contributed by atoms with E-state index in [-0.39, 0.29) is 24.5 Å². The van der Waals surface area contributed by atoms with Crippen LogP contribution in [0.25, 0.3) is 0 Å². The zero-order chi connectivity index (χ0) is 36.6. The Hall–Kier alpha value is -2.11. The molecule has 0 rings (SSSR count). The van der Waals surface area contributed by atoms with Crippen molar-refractivity contribution in [2.45, 2.75) is 232 Å². The number of unbranched alkanes of at least 4 members (excludes halogenated alkanes) is 24. The minimum Gasteiger partial charge on any atom is -0.480 e. The lowest BCUT2D eigenvalue weighted by molar-refractivity contribution is -0.150. The van der Waals surface area contributed by atoms with E-state index in [0.29, 0.717) is 12.8 Å². The molecule has 0 aliphatic carbocycles. The fraction of sp³-hybridized carbons (Fsp3) is 0.841. The minimum atomic E-state index is -1.02. The first-order chi connectivity index (χ1) is 24.5. The van der Waals surface area contributed by atoms with Gasteiger partial charge in [0.05, 0.1) is 0 Å². The van der Waals surface area contributed by atoms with Gasteiger partial charge in [0.2, 0.25) is 5.91 Å².